The van der Waals surface area contributed by atoms with Gasteiger partial charge in [-0.15, -0.1) is 24.8 Å². The molecule has 184 valence electrons. The normalized spacial score (nSPS) is 17.2. The first-order valence-corrected chi connectivity index (χ1v) is 12.0. The van der Waals surface area contributed by atoms with Crippen LogP contribution in [-0.4, -0.2) is 52.5 Å². The first kappa shape index (κ1) is 27.9. The largest absolute Gasteiger partial charge is 0.378 e. The van der Waals surface area contributed by atoms with Gasteiger partial charge in [0.25, 0.3) is 5.91 Å². The molecule has 4 rings (SSSR count). The van der Waals surface area contributed by atoms with Crippen LogP contribution >= 0.6 is 36.2 Å². The van der Waals surface area contributed by atoms with Gasteiger partial charge in [-0.25, -0.2) is 4.98 Å². The summed E-state index contributed by atoms with van der Waals surface area (Å²) in [5, 5.41) is 2.69. The van der Waals surface area contributed by atoms with Crippen molar-refractivity contribution in [1.82, 2.24) is 19.6 Å². The molecule has 1 aliphatic heterocycles. The van der Waals surface area contributed by atoms with Gasteiger partial charge in [0.1, 0.15) is 4.88 Å². The van der Waals surface area contributed by atoms with Crippen LogP contribution < -0.4 is 5.32 Å². The molecule has 0 bridgehead atoms. The van der Waals surface area contributed by atoms with Gasteiger partial charge in [-0.3, -0.25) is 14.1 Å². The molecule has 1 saturated heterocycles. The van der Waals surface area contributed by atoms with E-state index in [4.69, 9.17) is 9.72 Å². The molecule has 2 atom stereocenters. The SMILES string of the molecule is CNC(=O)c1cn2c(nc3ccc(CN(CC(C)(C)C)C(C)CC4CCCO4)cc32)s1.Cl.Cl. The maximum Gasteiger partial charge on any atom is 0.262 e. The zero-order chi connectivity index (χ0) is 22.2. The van der Waals surface area contributed by atoms with Crippen molar-refractivity contribution >= 4 is 58.1 Å². The van der Waals surface area contributed by atoms with Gasteiger partial charge >= 0.3 is 0 Å². The molecule has 1 N–H and O–H groups in total. The third-order valence-corrected chi connectivity index (χ3v) is 6.92. The fourth-order valence-electron chi connectivity index (χ4n) is 4.45. The van der Waals surface area contributed by atoms with Gasteiger partial charge < -0.3 is 10.1 Å². The van der Waals surface area contributed by atoms with Gasteiger partial charge in [-0.1, -0.05) is 38.2 Å². The van der Waals surface area contributed by atoms with E-state index in [1.165, 1.54) is 29.7 Å². The van der Waals surface area contributed by atoms with Crippen LogP contribution in [0.3, 0.4) is 0 Å². The Labute approximate surface area is 212 Å². The first-order chi connectivity index (χ1) is 14.7. The van der Waals surface area contributed by atoms with E-state index >= 15 is 0 Å². The summed E-state index contributed by atoms with van der Waals surface area (Å²) in [5.74, 6) is -0.0703. The lowest BCUT2D eigenvalue weighted by Gasteiger charge is -2.35. The highest BCUT2D eigenvalue weighted by atomic mass is 35.5. The average Bonchev–Trinajstić information content (AvgIpc) is 3.42. The summed E-state index contributed by atoms with van der Waals surface area (Å²) >= 11 is 1.42. The number of benzene rings is 1. The van der Waals surface area contributed by atoms with Gasteiger partial charge in [-0.2, -0.15) is 0 Å². The van der Waals surface area contributed by atoms with E-state index in [0.717, 1.165) is 42.1 Å². The number of aromatic nitrogens is 2. The smallest absolute Gasteiger partial charge is 0.262 e. The third-order valence-electron chi connectivity index (χ3n) is 5.93. The van der Waals surface area contributed by atoms with Crippen LogP contribution in [0.4, 0.5) is 0 Å². The monoisotopic (exact) mass is 514 g/mol. The van der Waals surface area contributed by atoms with Crippen LogP contribution in [-0.2, 0) is 11.3 Å². The van der Waals surface area contributed by atoms with E-state index in [1.54, 1.807) is 7.05 Å². The fraction of sp³-hybridized carbons (Fsp3) is 0.583. The molecule has 2 aromatic heterocycles. The van der Waals surface area contributed by atoms with Crippen molar-refractivity contribution in [1.29, 1.82) is 0 Å². The molecule has 33 heavy (non-hydrogen) atoms. The van der Waals surface area contributed by atoms with Gasteiger partial charge in [0.05, 0.1) is 17.1 Å². The molecular weight excluding hydrogens is 479 g/mol. The Hall–Kier alpha value is -1.38. The first-order valence-electron chi connectivity index (χ1n) is 11.2. The summed E-state index contributed by atoms with van der Waals surface area (Å²) in [6.45, 7) is 12.1. The molecule has 0 aliphatic carbocycles. The molecule has 1 aliphatic rings. The third kappa shape index (κ3) is 6.61. The number of carbonyl (C=O) groups is 1. The molecule has 1 fully saturated rings. The van der Waals surface area contributed by atoms with Crippen molar-refractivity contribution in [2.45, 2.75) is 65.6 Å². The Kier molecular flexibility index (Phi) is 9.59. The molecule has 0 spiro atoms. The Morgan fingerprint density at radius 1 is 1.36 bits per heavy atom. The summed E-state index contributed by atoms with van der Waals surface area (Å²) < 4.78 is 7.95. The lowest BCUT2D eigenvalue weighted by molar-refractivity contribution is 0.0589. The molecule has 6 nitrogen and oxygen atoms in total. The van der Waals surface area contributed by atoms with E-state index in [0.29, 0.717) is 17.0 Å². The average molecular weight is 516 g/mol. The Morgan fingerprint density at radius 3 is 2.76 bits per heavy atom. The number of amides is 1. The van der Waals surface area contributed by atoms with E-state index in [2.05, 4.69) is 56.1 Å². The van der Waals surface area contributed by atoms with Gasteiger partial charge in [0, 0.05) is 39.0 Å². The number of nitrogens with zero attached hydrogens (tertiary/aromatic N) is 3. The van der Waals surface area contributed by atoms with Crippen molar-refractivity contribution in [2.24, 2.45) is 5.41 Å². The van der Waals surface area contributed by atoms with E-state index in [1.807, 2.05) is 10.6 Å². The highest BCUT2D eigenvalue weighted by molar-refractivity contribution is 7.18. The number of ether oxygens (including phenoxy) is 1. The predicted molar refractivity (Wildman–Crippen MR) is 141 cm³/mol. The fourth-order valence-corrected chi connectivity index (χ4v) is 5.40. The van der Waals surface area contributed by atoms with Gasteiger partial charge in [0.2, 0.25) is 0 Å². The van der Waals surface area contributed by atoms with Gasteiger partial charge in [-0.05, 0) is 49.3 Å². The molecule has 2 unspecified atom stereocenters. The maximum absolute atomic E-state index is 12.0. The van der Waals surface area contributed by atoms with Crippen molar-refractivity contribution in [3.63, 3.8) is 0 Å². The van der Waals surface area contributed by atoms with E-state index in [-0.39, 0.29) is 36.1 Å². The number of carbonyl (C=O) groups excluding carboxylic acids is 1. The quantitative estimate of drug-likeness (QED) is 0.448. The number of nitrogens with one attached hydrogen (secondary N) is 1. The van der Waals surface area contributed by atoms with Crippen LogP contribution in [0.5, 0.6) is 0 Å². The van der Waals surface area contributed by atoms with Crippen LogP contribution in [0.15, 0.2) is 24.4 Å². The summed E-state index contributed by atoms with van der Waals surface area (Å²) in [6, 6.07) is 6.96. The lowest BCUT2D eigenvalue weighted by Crippen LogP contribution is -2.40. The summed E-state index contributed by atoms with van der Waals surface area (Å²) in [6.07, 6.45) is 5.73. The molecule has 1 amide bonds. The molecular formula is C24H36Cl2N4O2S. The topological polar surface area (TPSA) is 58.9 Å². The number of hydrogen-bond acceptors (Lipinski definition) is 5. The van der Waals surface area contributed by atoms with Crippen LogP contribution in [0.25, 0.3) is 16.0 Å². The van der Waals surface area contributed by atoms with Crippen molar-refractivity contribution in [2.75, 3.05) is 20.2 Å². The minimum atomic E-state index is -0.0703. The van der Waals surface area contributed by atoms with Gasteiger partial charge in [0.15, 0.2) is 4.96 Å². The number of rotatable bonds is 7. The number of fused-ring (bicyclic) bond motifs is 3. The second-order valence-electron chi connectivity index (χ2n) is 9.95. The van der Waals surface area contributed by atoms with Crippen LogP contribution in [0.1, 0.15) is 62.2 Å². The second-order valence-corrected chi connectivity index (χ2v) is 11.0. The highest BCUT2D eigenvalue weighted by Gasteiger charge is 2.26. The van der Waals surface area contributed by atoms with Crippen LogP contribution in [0.2, 0.25) is 0 Å². The highest BCUT2D eigenvalue weighted by Crippen LogP contribution is 2.27. The lowest BCUT2D eigenvalue weighted by atomic mass is 9.94. The zero-order valence-electron chi connectivity index (χ0n) is 20.1. The Balaban J connectivity index is 0.00000193. The molecule has 0 radical (unpaired) electrons. The van der Waals surface area contributed by atoms with E-state index < -0.39 is 0 Å². The molecule has 9 heteroatoms. The maximum atomic E-state index is 12.0. The molecule has 0 saturated carbocycles. The second kappa shape index (κ2) is 11.4. The summed E-state index contributed by atoms with van der Waals surface area (Å²) in [7, 11) is 1.66. The van der Waals surface area contributed by atoms with E-state index in [9.17, 15) is 4.79 Å². The minimum Gasteiger partial charge on any atom is -0.378 e. The molecule has 3 aromatic rings. The standard InChI is InChI=1S/C24H34N4O2S.2ClH/c1-16(11-18-7-6-10-30-18)27(15-24(2,3)4)13-17-8-9-19-20(12-17)28-14-21(22(29)25-5)31-23(28)26-19;;/h8-9,12,14,16,18H,6-7,10-11,13,15H2,1-5H3,(H,25,29);2*1H. The van der Waals surface area contributed by atoms with Crippen molar-refractivity contribution in [3.8, 4) is 0 Å². The summed E-state index contributed by atoms with van der Waals surface area (Å²) in [4.78, 5) is 20.8. The minimum absolute atomic E-state index is 0. The zero-order valence-corrected chi connectivity index (χ0v) is 22.5. The van der Waals surface area contributed by atoms with Crippen LogP contribution in [0, 0.1) is 5.41 Å². The van der Waals surface area contributed by atoms with Crippen molar-refractivity contribution < 1.29 is 9.53 Å². The Bertz CT molecular complexity index is 1070. The Morgan fingerprint density at radius 2 is 2.12 bits per heavy atom. The molecule has 1 aromatic carbocycles. The number of halogens is 2. The number of imidazole rings is 1. The molecule has 3 heterocycles. The number of hydrogen-bond donors (Lipinski definition) is 1. The predicted octanol–water partition coefficient (Wildman–Crippen LogP) is 5.56. The number of thiazole rings is 1. The summed E-state index contributed by atoms with van der Waals surface area (Å²) in [5.41, 5.74) is 3.51. The van der Waals surface area contributed by atoms with Crippen molar-refractivity contribution in [3.05, 3.63) is 34.8 Å².